The lowest BCUT2D eigenvalue weighted by Crippen LogP contribution is -2.54. The number of pyridine rings is 2. The summed E-state index contributed by atoms with van der Waals surface area (Å²) in [6.07, 6.45) is 7.29. The first-order valence-electron chi connectivity index (χ1n) is 11.5. The molecule has 0 saturated carbocycles. The maximum atomic E-state index is 14.1. The molecule has 0 amide bonds. The van der Waals surface area contributed by atoms with Crippen molar-refractivity contribution in [3.63, 3.8) is 0 Å². The SMILES string of the molecule is N#Cc1cnn2cc(-c3cnn(C(F)F)c3)cc(-c3ccc(N4CC(Oc5ccc(I)cc5F)C4)nc3)c12. The minimum atomic E-state index is -2.75. The van der Waals surface area contributed by atoms with Gasteiger partial charge < -0.3 is 9.64 Å². The molecule has 1 aromatic carbocycles. The van der Waals surface area contributed by atoms with Crippen LogP contribution in [0, 0.1) is 20.7 Å². The maximum absolute atomic E-state index is 14.1. The molecule has 38 heavy (non-hydrogen) atoms. The fourth-order valence-corrected chi connectivity index (χ4v) is 4.81. The number of rotatable bonds is 6. The van der Waals surface area contributed by atoms with Crippen LogP contribution in [0.2, 0.25) is 0 Å². The minimum Gasteiger partial charge on any atom is -0.484 e. The third kappa shape index (κ3) is 4.43. The zero-order valence-corrected chi connectivity index (χ0v) is 21.6. The molecule has 0 aliphatic carbocycles. The van der Waals surface area contributed by atoms with Gasteiger partial charge >= 0.3 is 6.55 Å². The van der Waals surface area contributed by atoms with E-state index >= 15 is 0 Å². The van der Waals surface area contributed by atoms with Gasteiger partial charge in [-0.3, -0.25) is 0 Å². The van der Waals surface area contributed by atoms with Crippen LogP contribution in [0.4, 0.5) is 19.0 Å². The largest absolute Gasteiger partial charge is 0.484 e. The number of ether oxygens (including phenoxy) is 1. The molecule has 1 aliphatic rings. The molecule has 8 nitrogen and oxygen atoms in total. The predicted octanol–water partition coefficient (Wildman–Crippen LogP) is 5.54. The number of benzene rings is 1. The first kappa shape index (κ1) is 24.2. The Labute approximate surface area is 228 Å². The van der Waals surface area contributed by atoms with E-state index in [-0.39, 0.29) is 17.7 Å². The summed E-state index contributed by atoms with van der Waals surface area (Å²) >= 11 is 2.05. The van der Waals surface area contributed by atoms with E-state index in [1.54, 1.807) is 29.0 Å². The van der Waals surface area contributed by atoms with Crippen LogP contribution in [0.25, 0.3) is 27.8 Å². The molecular weight excluding hydrogens is 610 g/mol. The van der Waals surface area contributed by atoms with E-state index in [1.165, 1.54) is 24.7 Å². The van der Waals surface area contributed by atoms with Gasteiger partial charge in [0.1, 0.15) is 18.0 Å². The number of fused-ring (bicyclic) bond motifs is 1. The molecule has 190 valence electrons. The molecule has 0 radical (unpaired) electrons. The zero-order valence-electron chi connectivity index (χ0n) is 19.5. The van der Waals surface area contributed by atoms with Crippen LogP contribution in [0.15, 0.2) is 67.4 Å². The highest BCUT2D eigenvalue weighted by Gasteiger charge is 2.30. The lowest BCUT2D eigenvalue weighted by atomic mass is 10.0. The molecule has 0 atom stereocenters. The number of anilines is 1. The highest BCUT2D eigenvalue weighted by Crippen LogP contribution is 2.33. The first-order valence-corrected chi connectivity index (χ1v) is 12.5. The molecule has 1 saturated heterocycles. The van der Waals surface area contributed by atoms with Crippen molar-refractivity contribution in [2.75, 3.05) is 18.0 Å². The average Bonchev–Trinajstić information content (AvgIpc) is 3.54. The van der Waals surface area contributed by atoms with Crippen molar-refractivity contribution < 1.29 is 17.9 Å². The summed E-state index contributed by atoms with van der Waals surface area (Å²) in [4.78, 5) is 6.61. The molecule has 0 unspecified atom stereocenters. The second-order valence-corrected chi connectivity index (χ2v) is 9.96. The van der Waals surface area contributed by atoms with Gasteiger partial charge in [0, 0.05) is 44.4 Å². The lowest BCUT2D eigenvalue weighted by Gasteiger charge is -2.39. The van der Waals surface area contributed by atoms with Gasteiger partial charge in [0.05, 0.1) is 36.6 Å². The molecule has 0 N–H and O–H groups in total. The summed E-state index contributed by atoms with van der Waals surface area (Å²) in [6.45, 7) is -1.62. The zero-order chi connectivity index (χ0) is 26.4. The Bertz CT molecular complexity index is 1690. The van der Waals surface area contributed by atoms with Crippen LogP contribution in [-0.2, 0) is 0 Å². The fraction of sp³-hybridized carbons (Fsp3) is 0.154. The molecule has 1 aliphatic heterocycles. The molecule has 12 heteroatoms. The number of hydrogen-bond acceptors (Lipinski definition) is 6. The van der Waals surface area contributed by atoms with Crippen LogP contribution in [0.1, 0.15) is 12.1 Å². The van der Waals surface area contributed by atoms with Crippen LogP contribution in [-0.4, -0.2) is 43.6 Å². The van der Waals surface area contributed by atoms with Crippen LogP contribution in [0.3, 0.4) is 0 Å². The highest BCUT2D eigenvalue weighted by atomic mass is 127. The Hall–Kier alpha value is -4.12. The van der Waals surface area contributed by atoms with Crippen molar-refractivity contribution in [2.24, 2.45) is 0 Å². The molecule has 0 spiro atoms. The van der Waals surface area contributed by atoms with Crippen molar-refractivity contribution in [1.29, 1.82) is 5.26 Å². The Kier molecular flexibility index (Phi) is 6.15. The van der Waals surface area contributed by atoms with E-state index in [0.717, 1.165) is 15.0 Å². The fourth-order valence-electron chi connectivity index (χ4n) is 4.36. The van der Waals surface area contributed by atoms with Gasteiger partial charge in [0.15, 0.2) is 11.6 Å². The highest BCUT2D eigenvalue weighted by molar-refractivity contribution is 14.1. The third-order valence-corrected chi connectivity index (χ3v) is 6.96. The van der Waals surface area contributed by atoms with E-state index in [9.17, 15) is 18.4 Å². The first-order chi connectivity index (χ1) is 18.4. The number of alkyl halides is 2. The average molecular weight is 627 g/mol. The number of hydrogen-bond donors (Lipinski definition) is 0. The quantitative estimate of drug-likeness (QED) is 0.230. The van der Waals surface area contributed by atoms with Crippen LogP contribution >= 0.6 is 22.6 Å². The Morgan fingerprint density at radius 1 is 1.00 bits per heavy atom. The molecule has 5 aromatic rings. The minimum absolute atomic E-state index is 0.151. The van der Waals surface area contributed by atoms with Gasteiger partial charge in [-0.05, 0) is 59.0 Å². The van der Waals surface area contributed by atoms with E-state index in [4.69, 9.17) is 4.74 Å². The lowest BCUT2D eigenvalue weighted by molar-refractivity contribution is 0.0566. The van der Waals surface area contributed by atoms with Gasteiger partial charge in [-0.25, -0.2) is 18.6 Å². The van der Waals surface area contributed by atoms with Crippen molar-refractivity contribution in [1.82, 2.24) is 24.4 Å². The Morgan fingerprint density at radius 3 is 2.53 bits per heavy atom. The Morgan fingerprint density at radius 2 is 1.84 bits per heavy atom. The molecule has 0 bridgehead atoms. The smallest absolute Gasteiger partial charge is 0.333 e. The second kappa shape index (κ2) is 9.64. The Balaban J connectivity index is 1.25. The van der Waals surface area contributed by atoms with Gasteiger partial charge in [-0.15, -0.1) is 0 Å². The van der Waals surface area contributed by atoms with Crippen molar-refractivity contribution in [3.8, 4) is 34.1 Å². The van der Waals surface area contributed by atoms with Gasteiger partial charge in [0.2, 0.25) is 0 Å². The normalized spacial score (nSPS) is 13.6. The maximum Gasteiger partial charge on any atom is 0.333 e. The topological polar surface area (TPSA) is 84.3 Å². The predicted molar refractivity (Wildman–Crippen MR) is 141 cm³/mol. The van der Waals surface area contributed by atoms with E-state index in [2.05, 4.69) is 21.3 Å². The summed E-state index contributed by atoms with van der Waals surface area (Å²) in [5.74, 6) is 0.580. The standard InChI is InChI=1S/C26H17F3IN7O/c27-22-6-19(30)2-3-23(22)38-20-13-35(14-20)24-4-1-15(8-32-24)21-5-16(18-10-34-37(12-18)26(28)29)11-36-25(21)17(7-31)9-33-36/h1-6,8-12,20,26H,13-14H2. The van der Waals surface area contributed by atoms with Crippen LogP contribution < -0.4 is 9.64 Å². The van der Waals surface area contributed by atoms with E-state index in [0.29, 0.717) is 45.5 Å². The summed E-state index contributed by atoms with van der Waals surface area (Å²) in [7, 11) is 0. The number of halogens is 4. The number of nitriles is 1. The summed E-state index contributed by atoms with van der Waals surface area (Å²) in [6, 6.07) is 12.6. The second-order valence-electron chi connectivity index (χ2n) is 8.72. The summed E-state index contributed by atoms with van der Waals surface area (Å²) in [5.41, 5.74) is 3.48. The van der Waals surface area contributed by atoms with Crippen molar-refractivity contribution in [2.45, 2.75) is 12.7 Å². The van der Waals surface area contributed by atoms with Gasteiger partial charge in [-0.1, -0.05) is 0 Å². The molecule has 4 aromatic heterocycles. The number of nitrogens with zero attached hydrogens (tertiary/aromatic N) is 7. The molecular formula is C26H17F3IN7O. The molecule has 1 fully saturated rings. The number of aromatic nitrogens is 5. The van der Waals surface area contributed by atoms with E-state index < -0.39 is 6.55 Å². The summed E-state index contributed by atoms with van der Waals surface area (Å²) in [5, 5.41) is 17.6. The third-order valence-electron chi connectivity index (χ3n) is 6.29. The monoisotopic (exact) mass is 627 g/mol. The van der Waals surface area contributed by atoms with Crippen molar-refractivity contribution in [3.05, 3.63) is 82.3 Å². The van der Waals surface area contributed by atoms with Gasteiger partial charge in [-0.2, -0.15) is 24.2 Å². The van der Waals surface area contributed by atoms with Crippen LogP contribution in [0.5, 0.6) is 5.75 Å². The molecule has 5 heterocycles. The van der Waals surface area contributed by atoms with E-state index in [1.807, 2.05) is 45.7 Å². The van der Waals surface area contributed by atoms with Gasteiger partial charge in [0.25, 0.3) is 0 Å². The van der Waals surface area contributed by atoms with Crippen molar-refractivity contribution >= 4 is 33.9 Å². The summed E-state index contributed by atoms with van der Waals surface area (Å²) < 4.78 is 48.9. The molecule has 6 rings (SSSR count).